The second kappa shape index (κ2) is 11.0. The highest BCUT2D eigenvalue weighted by molar-refractivity contribution is 7.53. The zero-order chi connectivity index (χ0) is 25.8. The molecule has 0 amide bonds. The Bertz CT molecular complexity index is 1160. The van der Waals surface area contributed by atoms with E-state index < -0.39 is 61.5 Å². The standard InChI is InChI=1S/C22H29N2O10P/c1-14(2)33-35(29,34-15(3)4)13-30-17-12-31-22(28,24-11-10-18(25)23-21(24)27)19(17)32-20(26)16-8-6-5-7-9-16/h5-11,14-15,17,19,28H,12-13H2,1-4H3,(H,23,25,27)/t17-,19+,22?/m0/s1. The van der Waals surface area contributed by atoms with Crippen molar-refractivity contribution < 1.29 is 37.7 Å². The number of aromatic nitrogens is 2. The van der Waals surface area contributed by atoms with Gasteiger partial charge in [-0.25, -0.2) is 14.2 Å². The molecule has 13 heteroatoms. The van der Waals surface area contributed by atoms with Crippen molar-refractivity contribution in [1.82, 2.24) is 9.55 Å². The molecule has 0 radical (unpaired) electrons. The molecule has 1 unspecified atom stereocenters. The molecule has 0 spiro atoms. The van der Waals surface area contributed by atoms with E-state index in [4.69, 9.17) is 23.3 Å². The Morgan fingerprint density at radius 1 is 1.17 bits per heavy atom. The van der Waals surface area contributed by atoms with Gasteiger partial charge in [0.2, 0.25) is 6.10 Å². The minimum Gasteiger partial charge on any atom is -0.448 e. The molecule has 35 heavy (non-hydrogen) atoms. The van der Waals surface area contributed by atoms with Crippen LogP contribution < -0.4 is 11.2 Å². The van der Waals surface area contributed by atoms with Crippen LogP contribution >= 0.6 is 7.60 Å². The molecule has 3 rings (SSSR count). The fourth-order valence-corrected chi connectivity index (χ4v) is 5.28. The van der Waals surface area contributed by atoms with Gasteiger partial charge in [-0.1, -0.05) is 18.2 Å². The van der Waals surface area contributed by atoms with Crippen molar-refractivity contribution in [3.05, 3.63) is 69.0 Å². The number of carbonyl (C=O) groups is 1. The van der Waals surface area contributed by atoms with Crippen LogP contribution in [0.5, 0.6) is 0 Å². The molecular weight excluding hydrogens is 483 g/mol. The van der Waals surface area contributed by atoms with Crippen LogP contribution in [0.15, 0.2) is 52.2 Å². The van der Waals surface area contributed by atoms with Crippen LogP contribution in [-0.4, -0.2) is 58.0 Å². The monoisotopic (exact) mass is 512 g/mol. The van der Waals surface area contributed by atoms with Gasteiger partial charge in [-0.05, 0) is 39.8 Å². The van der Waals surface area contributed by atoms with Crippen LogP contribution in [0.3, 0.4) is 0 Å². The van der Waals surface area contributed by atoms with Crippen LogP contribution in [-0.2, 0) is 33.7 Å². The van der Waals surface area contributed by atoms with Gasteiger partial charge in [0.15, 0.2) is 0 Å². The number of esters is 1. The summed E-state index contributed by atoms with van der Waals surface area (Å²) in [6.45, 7) is 6.38. The molecule has 1 aromatic carbocycles. The van der Waals surface area contributed by atoms with Crippen LogP contribution in [0, 0.1) is 0 Å². The van der Waals surface area contributed by atoms with Crippen molar-refractivity contribution >= 4 is 13.6 Å². The first-order valence-corrected chi connectivity index (χ1v) is 12.7. The summed E-state index contributed by atoms with van der Waals surface area (Å²) in [5.41, 5.74) is -1.53. The molecule has 192 valence electrons. The molecule has 1 aliphatic rings. The van der Waals surface area contributed by atoms with Crippen molar-refractivity contribution in [3.8, 4) is 0 Å². The molecule has 1 aromatic heterocycles. The fraction of sp³-hybridized carbons (Fsp3) is 0.500. The number of carbonyl (C=O) groups excluding carboxylic acids is 1. The van der Waals surface area contributed by atoms with E-state index in [1.807, 2.05) is 4.98 Å². The van der Waals surface area contributed by atoms with Gasteiger partial charge in [-0.3, -0.25) is 14.3 Å². The van der Waals surface area contributed by atoms with E-state index in [-0.39, 0.29) is 12.2 Å². The zero-order valence-corrected chi connectivity index (χ0v) is 20.7. The predicted molar refractivity (Wildman–Crippen MR) is 123 cm³/mol. The largest absolute Gasteiger partial charge is 0.448 e. The smallest absolute Gasteiger partial charge is 0.356 e. The number of ether oxygens (including phenoxy) is 3. The van der Waals surface area contributed by atoms with E-state index in [1.54, 1.807) is 45.9 Å². The van der Waals surface area contributed by atoms with Crippen LogP contribution in [0.25, 0.3) is 0 Å². The minimum absolute atomic E-state index is 0.172. The Hall–Kier alpha value is -2.60. The van der Waals surface area contributed by atoms with Crippen molar-refractivity contribution in [3.63, 3.8) is 0 Å². The van der Waals surface area contributed by atoms with E-state index in [0.29, 0.717) is 4.57 Å². The normalized spacial score (nSPS) is 22.6. The molecule has 3 atom stereocenters. The lowest BCUT2D eigenvalue weighted by molar-refractivity contribution is -0.278. The molecule has 1 fully saturated rings. The first kappa shape index (κ1) is 27.0. The maximum Gasteiger partial charge on any atom is 0.356 e. The molecule has 2 N–H and O–H groups in total. The van der Waals surface area contributed by atoms with Crippen molar-refractivity contribution in [2.45, 2.75) is 58.0 Å². The van der Waals surface area contributed by atoms with Crippen molar-refractivity contribution in [1.29, 1.82) is 0 Å². The summed E-state index contributed by atoms with van der Waals surface area (Å²) >= 11 is 0. The van der Waals surface area contributed by atoms with E-state index in [0.717, 1.165) is 12.3 Å². The molecule has 0 saturated carbocycles. The molecule has 1 saturated heterocycles. The summed E-state index contributed by atoms with van der Waals surface area (Å²) in [6.07, 6.45) is -3.18. The number of aromatic amines is 1. The number of hydrogen-bond acceptors (Lipinski definition) is 10. The van der Waals surface area contributed by atoms with Gasteiger partial charge in [0.25, 0.3) is 11.5 Å². The van der Waals surface area contributed by atoms with E-state index in [1.165, 1.54) is 12.1 Å². The Kier molecular flexibility index (Phi) is 8.47. The Labute approximate surface area is 201 Å². The van der Waals surface area contributed by atoms with Gasteiger partial charge >= 0.3 is 19.3 Å². The zero-order valence-electron chi connectivity index (χ0n) is 19.8. The van der Waals surface area contributed by atoms with E-state index >= 15 is 0 Å². The second-order valence-electron chi connectivity index (χ2n) is 8.40. The number of rotatable bonds is 10. The molecule has 1 aliphatic heterocycles. The minimum atomic E-state index is -3.75. The number of aliphatic hydroxyl groups is 1. The lowest BCUT2D eigenvalue weighted by Crippen LogP contribution is -2.53. The maximum atomic E-state index is 13.2. The molecular formula is C22H29N2O10P. The van der Waals surface area contributed by atoms with Gasteiger partial charge in [0.05, 0.1) is 24.4 Å². The quantitative estimate of drug-likeness (QED) is 0.355. The van der Waals surface area contributed by atoms with Gasteiger partial charge in [-0.2, -0.15) is 0 Å². The number of H-pyrrole nitrogens is 1. The average Bonchev–Trinajstić information content (AvgIpc) is 3.08. The third kappa shape index (κ3) is 6.54. The highest BCUT2D eigenvalue weighted by Crippen LogP contribution is 2.51. The Balaban J connectivity index is 1.92. The van der Waals surface area contributed by atoms with Crippen molar-refractivity contribution in [2.24, 2.45) is 0 Å². The third-order valence-electron chi connectivity index (χ3n) is 4.77. The summed E-state index contributed by atoms with van der Waals surface area (Å²) in [5, 5.41) is 11.3. The molecule has 2 heterocycles. The highest BCUT2D eigenvalue weighted by atomic mass is 31.2. The van der Waals surface area contributed by atoms with Gasteiger partial charge < -0.3 is 28.4 Å². The Morgan fingerprint density at radius 2 is 1.80 bits per heavy atom. The summed E-state index contributed by atoms with van der Waals surface area (Å²) in [6, 6.07) is 8.95. The summed E-state index contributed by atoms with van der Waals surface area (Å²) in [4.78, 5) is 38.7. The molecule has 0 aliphatic carbocycles. The summed E-state index contributed by atoms with van der Waals surface area (Å²) in [7, 11) is -3.75. The van der Waals surface area contributed by atoms with Crippen LogP contribution in [0.1, 0.15) is 38.1 Å². The van der Waals surface area contributed by atoms with Gasteiger partial charge in [0, 0.05) is 12.3 Å². The van der Waals surface area contributed by atoms with Crippen LogP contribution in [0.2, 0.25) is 0 Å². The van der Waals surface area contributed by atoms with E-state index in [2.05, 4.69) is 0 Å². The number of nitrogens with zero attached hydrogens (tertiary/aromatic N) is 1. The summed E-state index contributed by atoms with van der Waals surface area (Å²) in [5.74, 6) is -3.36. The van der Waals surface area contributed by atoms with Gasteiger partial charge in [0.1, 0.15) is 12.5 Å². The summed E-state index contributed by atoms with van der Waals surface area (Å²) < 4.78 is 41.5. The Morgan fingerprint density at radius 3 is 2.37 bits per heavy atom. The predicted octanol–water partition coefficient (Wildman–Crippen LogP) is 1.78. The SMILES string of the molecule is CC(C)OP(=O)(CO[C@H]1COC(O)(n2ccc(=O)[nH]c2=O)[C@@H]1OC(=O)c1ccccc1)OC(C)C. The second-order valence-corrected chi connectivity index (χ2v) is 10.3. The molecule has 12 nitrogen and oxygen atoms in total. The first-order valence-electron chi connectivity index (χ1n) is 11.0. The maximum absolute atomic E-state index is 13.2. The lowest BCUT2D eigenvalue weighted by Gasteiger charge is -2.31. The average molecular weight is 512 g/mol. The topological polar surface area (TPSA) is 155 Å². The molecule has 0 bridgehead atoms. The molecule has 2 aromatic rings. The lowest BCUT2D eigenvalue weighted by atomic mass is 10.1. The third-order valence-corrected chi connectivity index (χ3v) is 6.72. The number of benzene rings is 1. The van der Waals surface area contributed by atoms with Crippen molar-refractivity contribution in [2.75, 3.05) is 13.0 Å². The first-order chi connectivity index (χ1) is 16.4. The van der Waals surface area contributed by atoms with E-state index in [9.17, 15) is 24.1 Å². The fourth-order valence-electron chi connectivity index (χ4n) is 3.45. The highest BCUT2D eigenvalue weighted by Gasteiger charge is 2.55. The van der Waals surface area contributed by atoms with Crippen LogP contribution in [0.4, 0.5) is 0 Å². The number of hydrogen-bond donors (Lipinski definition) is 2. The number of nitrogens with one attached hydrogen (secondary N) is 1. The van der Waals surface area contributed by atoms with Gasteiger partial charge in [-0.15, -0.1) is 0 Å².